The second kappa shape index (κ2) is 7.30. The van der Waals surface area contributed by atoms with Crippen molar-refractivity contribution < 1.29 is 9.53 Å². The third kappa shape index (κ3) is 3.83. The summed E-state index contributed by atoms with van der Waals surface area (Å²) in [7, 11) is 0. The van der Waals surface area contributed by atoms with E-state index in [1.54, 1.807) is 24.0 Å². The zero-order valence-electron chi connectivity index (χ0n) is 10.9. The Balaban J connectivity index is 2.21. The Hall–Kier alpha value is -2.34. The molecule has 0 saturated heterocycles. The summed E-state index contributed by atoms with van der Waals surface area (Å²) in [6.07, 6.45) is 1.57. The molecule has 5 nitrogen and oxygen atoms in total. The lowest BCUT2D eigenvalue weighted by Crippen LogP contribution is -2.18. The van der Waals surface area contributed by atoms with Crippen LogP contribution in [0.15, 0.2) is 51.4 Å². The number of rotatable bonds is 5. The number of esters is 1. The van der Waals surface area contributed by atoms with Gasteiger partial charge in [0, 0.05) is 5.38 Å². The highest BCUT2D eigenvalue weighted by atomic mass is 32.1. The van der Waals surface area contributed by atoms with Crippen LogP contribution in [0.2, 0.25) is 0 Å². The Morgan fingerprint density at radius 3 is 2.85 bits per heavy atom. The number of hydrogen-bond donors (Lipinski definition) is 0. The molecule has 102 valence electrons. The van der Waals surface area contributed by atoms with Gasteiger partial charge in [0.15, 0.2) is 5.71 Å². The molecule has 0 aliphatic rings. The maximum absolute atomic E-state index is 11.8. The highest BCUT2D eigenvalue weighted by Gasteiger charge is 2.17. The van der Waals surface area contributed by atoms with E-state index >= 15 is 0 Å². The minimum absolute atomic E-state index is 0.111. The van der Waals surface area contributed by atoms with Crippen LogP contribution in [0.5, 0.6) is 0 Å². The second-order valence-electron chi connectivity index (χ2n) is 3.70. The maximum atomic E-state index is 11.8. The minimum atomic E-state index is -0.524. The summed E-state index contributed by atoms with van der Waals surface area (Å²) < 4.78 is 4.95. The van der Waals surface area contributed by atoms with Crippen molar-refractivity contribution in [2.24, 2.45) is 10.2 Å². The third-order valence-corrected chi connectivity index (χ3v) is 2.89. The lowest BCUT2D eigenvalue weighted by atomic mass is 10.2. The van der Waals surface area contributed by atoms with Crippen molar-refractivity contribution in [1.29, 1.82) is 0 Å². The third-order valence-electron chi connectivity index (χ3n) is 2.31. The Labute approximate surface area is 120 Å². The fourth-order valence-electron chi connectivity index (χ4n) is 1.42. The Morgan fingerprint density at radius 2 is 2.20 bits per heavy atom. The van der Waals surface area contributed by atoms with Gasteiger partial charge in [-0.2, -0.15) is 5.10 Å². The van der Waals surface area contributed by atoms with Crippen molar-refractivity contribution in [1.82, 2.24) is 4.98 Å². The van der Waals surface area contributed by atoms with Crippen LogP contribution in [0.3, 0.4) is 0 Å². The molecule has 0 aliphatic carbocycles. The molecule has 0 saturated carbocycles. The average molecular weight is 287 g/mol. The average Bonchev–Trinajstić information content (AvgIpc) is 2.99. The molecule has 0 fully saturated rings. The summed E-state index contributed by atoms with van der Waals surface area (Å²) in [6.45, 7) is 2.02. The number of ether oxygens (including phenoxy) is 1. The van der Waals surface area contributed by atoms with E-state index in [-0.39, 0.29) is 12.3 Å². The number of nitrogens with zero attached hydrogens (tertiary/aromatic N) is 3. The van der Waals surface area contributed by atoms with Gasteiger partial charge < -0.3 is 4.74 Å². The lowest BCUT2D eigenvalue weighted by molar-refractivity contribution is -0.134. The molecule has 1 aromatic heterocycles. The number of thiazole rings is 1. The van der Waals surface area contributed by atoms with Gasteiger partial charge in [-0.25, -0.2) is 9.78 Å². The van der Waals surface area contributed by atoms with Crippen LogP contribution in [-0.4, -0.2) is 29.5 Å². The standard InChI is InChI=1S/C14H13N3O2S/c1-2-19-14(18)13(12-9-20-10-15-12)17-16-8-11-6-4-3-5-7-11/h3-10H,2H2,1H3. The summed E-state index contributed by atoms with van der Waals surface area (Å²) >= 11 is 1.38. The van der Waals surface area contributed by atoms with Gasteiger partial charge in [0.1, 0.15) is 5.69 Å². The summed E-state index contributed by atoms with van der Waals surface area (Å²) in [6, 6.07) is 9.51. The number of carbonyl (C=O) groups excluding carboxylic acids is 1. The second-order valence-corrected chi connectivity index (χ2v) is 4.42. The smallest absolute Gasteiger partial charge is 0.361 e. The SMILES string of the molecule is CCOC(=O)C(=NN=Cc1ccccc1)c1cscn1. The summed E-state index contributed by atoms with van der Waals surface area (Å²) in [5.74, 6) is -0.524. The molecule has 2 aromatic rings. The highest BCUT2D eigenvalue weighted by Crippen LogP contribution is 2.05. The van der Waals surface area contributed by atoms with E-state index in [1.807, 2.05) is 30.3 Å². The lowest BCUT2D eigenvalue weighted by Gasteiger charge is -2.01. The van der Waals surface area contributed by atoms with E-state index in [1.165, 1.54) is 11.3 Å². The van der Waals surface area contributed by atoms with E-state index in [4.69, 9.17) is 4.74 Å². The van der Waals surface area contributed by atoms with Gasteiger partial charge >= 0.3 is 5.97 Å². The molecule has 0 atom stereocenters. The highest BCUT2D eigenvalue weighted by molar-refractivity contribution is 7.07. The monoisotopic (exact) mass is 287 g/mol. The van der Waals surface area contributed by atoms with Crippen molar-refractivity contribution in [2.75, 3.05) is 6.61 Å². The molecule has 1 heterocycles. The molecule has 1 aromatic carbocycles. The van der Waals surface area contributed by atoms with Crippen LogP contribution in [0, 0.1) is 0 Å². The molecule has 0 aliphatic heterocycles. The van der Waals surface area contributed by atoms with Gasteiger partial charge in [-0.15, -0.1) is 16.4 Å². The minimum Gasteiger partial charge on any atom is -0.461 e. The normalized spacial score (nSPS) is 11.8. The Morgan fingerprint density at radius 1 is 1.40 bits per heavy atom. The van der Waals surface area contributed by atoms with Crippen LogP contribution in [-0.2, 0) is 9.53 Å². The molecule has 0 spiro atoms. The Kier molecular flexibility index (Phi) is 5.14. The number of hydrogen-bond acceptors (Lipinski definition) is 6. The first-order valence-corrected chi connectivity index (χ1v) is 6.97. The first-order valence-electron chi connectivity index (χ1n) is 6.03. The van der Waals surface area contributed by atoms with Gasteiger partial charge in [-0.3, -0.25) is 0 Å². The zero-order valence-corrected chi connectivity index (χ0v) is 11.7. The predicted octanol–water partition coefficient (Wildman–Crippen LogP) is 2.53. The molecule has 0 N–H and O–H groups in total. The van der Waals surface area contributed by atoms with Gasteiger partial charge in [-0.1, -0.05) is 30.3 Å². The van der Waals surface area contributed by atoms with Crippen LogP contribution in [0.1, 0.15) is 18.2 Å². The zero-order chi connectivity index (χ0) is 14.2. The van der Waals surface area contributed by atoms with Crippen molar-refractivity contribution in [3.63, 3.8) is 0 Å². The number of benzene rings is 1. The molecule has 2 rings (SSSR count). The fraction of sp³-hybridized carbons (Fsp3) is 0.143. The van der Waals surface area contributed by atoms with E-state index in [0.29, 0.717) is 5.69 Å². The number of aromatic nitrogens is 1. The van der Waals surface area contributed by atoms with Crippen LogP contribution in [0.25, 0.3) is 0 Å². The van der Waals surface area contributed by atoms with Crippen molar-refractivity contribution in [3.05, 3.63) is 52.5 Å². The van der Waals surface area contributed by atoms with Gasteiger partial charge in [0.2, 0.25) is 0 Å². The van der Waals surface area contributed by atoms with Crippen LogP contribution < -0.4 is 0 Å². The number of carbonyl (C=O) groups is 1. The van der Waals surface area contributed by atoms with Crippen molar-refractivity contribution in [3.8, 4) is 0 Å². The molecule has 6 heteroatoms. The van der Waals surface area contributed by atoms with Crippen molar-refractivity contribution in [2.45, 2.75) is 6.92 Å². The molecule has 0 amide bonds. The largest absolute Gasteiger partial charge is 0.461 e. The summed E-state index contributed by atoms with van der Waals surface area (Å²) in [4.78, 5) is 15.9. The molecule has 20 heavy (non-hydrogen) atoms. The Bertz CT molecular complexity index is 607. The topological polar surface area (TPSA) is 63.9 Å². The van der Waals surface area contributed by atoms with Crippen molar-refractivity contribution >= 4 is 29.2 Å². The van der Waals surface area contributed by atoms with E-state index < -0.39 is 5.97 Å². The summed E-state index contributed by atoms with van der Waals surface area (Å²) in [5, 5.41) is 9.59. The van der Waals surface area contributed by atoms with Crippen LogP contribution >= 0.6 is 11.3 Å². The summed E-state index contributed by atoms with van der Waals surface area (Å²) in [5.41, 5.74) is 3.11. The quantitative estimate of drug-likeness (QED) is 0.482. The first kappa shape index (κ1) is 14.1. The fourth-order valence-corrected chi connectivity index (χ4v) is 1.95. The molecule has 0 radical (unpaired) electrons. The first-order chi connectivity index (χ1) is 9.81. The predicted molar refractivity (Wildman–Crippen MR) is 79.3 cm³/mol. The van der Waals surface area contributed by atoms with Gasteiger partial charge in [0.05, 0.1) is 18.3 Å². The van der Waals surface area contributed by atoms with Gasteiger partial charge in [-0.05, 0) is 12.5 Å². The van der Waals surface area contributed by atoms with Crippen LogP contribution in [0.4, 0.5) is 0 Å². The van der Waals surface area contributed by atoms with E-state index in [9.17, 15) is 4.79 Å². The van der Waals surface area contributed by atoms with E-state index in [2.05, 4.69) is 15.2 Å². The van der Waals surface area contributed by atoms with Gasteiger partial charge in [0.25, 0.3) is 0 Å². The molecule has 0 unspecified atom stereocenters. The maximum Gasteiger partial charge on any atom is 0.361 e. The van der Waals surface area contributed by atoms with E-state index in [0.717, 1.165) is 5.56 Å². The molecular weight excluding hydrogens is 274 g/mol. The molecular formula is C14H13N3O2S. The molecule has 0 bridgehead atoms.